The summed E-state index contributed by atoms with van der Waals surface area (Å²) < 4.78 is 6.15. The summed E-state index contributed by atoms with van der Waals surface area (Å²) >= 11 is 0. The topological polar surface area (TPSA) is 9.23 Å². The van der Waals surface area contributed by atoms with E-state index in [2.05, 4.69) is 55.2 Å². The molecule has 1 saturated heterocycles. The second-order valence-electron chi connectivity index (χ2n) is 5.63. The lowest BCUT2D eigenvalue weighted by atomic mass is 9.77. The number of hydrogen-bond acceptors (Lipinski definition) is 1. The normalized spacial score (nSPS) is 29.6. The van der Waals surface area contributed by atoms with Crippen LogP contribution < -0.4 is 0 Å². The largest absolute Gasteiger partial charge is 0.364 e. The molecule has 20 heavy (non-hydrogen) atoms. The highest BCUT2D eigenvalue weighted by Gasteiger charge is 2.49. The number of ether oxygens (including phenoxy) is 1. The third-order valence-electron chi connectivity index (χ3n) is 4.43. The molecule has 0 aliphatic carbocycles. The van der Waals surface area contributed by atoms with E-state index in [9.17, 15) is 0 Å². The Hall–Kier alpha value is -2.04. The van der Waals surface area contributed by atoms with Crippen molar-refractivity contribution < 1.29 is 4.74 Å². The molecule has 1 fully saturated rings. The van der Waals surface area contributed by atoms with Crippen molar-refractivity contribution in [3.05, 3.63) is 71.3 Å². The first-order valence-corrected chi connectivity index (χ1v) is 7.15. The standard InChI is InChI=1S/C19H16O/c1-13-15(12-11-14-7-3-2-4-8-14)19-17-10-6-5-9-16(17)18(13)20-19/h2-10,13,15,18-19H,1H3. The first kappa shape index (κ1) is 11.8. The molecule has 0 radical (unpaired) electrons. The molecular formula is C19H16O. The summed E-state index contributed by atoms with van der Waals surface area (Å²) in [4.78, 5) is 0. The van der Waals surface area contributed by atoms with Crippen LogP contribution in [0.2, 0.25) is 0 Å². The third-order valence-corrected chi connectivity index (χ3v) is 4.43. The Kier molecular flexibility index (Phi) is 2.65. The molecule has 2 bridgehead atoms. The molecular weight excluding hydrogens is 244 g/mol. The highest BCUT2D eigenvalue weighted by molar-refractivity contribution is 5.42. The van der Waals surface area contributed by atoms with Crippen LogP contribution >= 0.6 is 0 Å². The van der Waals surface area contributed by atoms with Gasteiger partial charge in [-0.15, -0.1) is 0 Å². The maximum atomic E-state index is 6.15. The SMILES string of the molecule is CC1C2OC(c3ccccc32)C1C#Cc1ccccc1. The van der Waals surface area contributed by atoms with Gasteiger partial charge >= 0.3 is 0 Å². The van der Waals surface area contributed by atoms with Gasteiger partial charge in [-0.2, -0.15) is 0 Å². The molecule has 98 valence electrons. The van der Waals surface area contributed by atoms with E-state index in [0.717, 1.165) is 5.56 Å². The fourth-order valence-electron chi connectivity index (χ4n) is 3.38. The zero-order valence-corrected chi connectivity index (χ0v) is 11.4. The number of hydrogen-bond donors (Lipinski definition) is 0. The highest BCUT2D eigenvalue weighted by atomic mass is 16.5. The number of benzene rings is 2. The van der Waals surface area contributed by atoms with Crippen LogP contribution in [0.5, 0.6) is 0 Å². The van der Waals surface area contributed by atoms with Gasteiger partial charge in [0.05, 0.1) is 18.1 Å². The van der Waals surface area contributed by atoms with Crippen molar-refractivity contribution in [3.8, 4) is 11.8 Å². The van der Waals surface area contributed by atoms with E-state index in [1.165, 1.54) is 11.1 Å². The molecule has 4 atom stereocenters. The molecule has 2 aliphatic heterocycles. The maximum Gasteiger partial charge on any atom is 0.0978 e. The monoisotopic (exact) mass is 260 g/mol. The molecule has 2 aromatic rings. The Morgan fingerprint density at radius 1 is 0.850 bits per heavy atom. The van der Waals surface area contributed by atoms with Gasteiger partial charge in [0.1, 0.15) is 0 Å². The van der Waals surface area contributed by atoms with Crippen LogP contribution in [-0.4, -0.2) is 0 Å². The minimum absolute atomic E-state index is 0.155. The smallest absolute Gasteiger partial charge is 0.0978 e. The van der Waals surface area contributed by atoms with Gasteiger partial charge in [-0.25, -0.2) is 0 Å². The maximum absolute atomic E-state index is 6.15. The molecule has 0 spiro atoms. The average Bonchev–Trinajstić information content (AvgIpc) is 3.03. The van der Waals surface area contributed by atoms with Gasteiger partial charge in [0.15, 0.2) is 0 Å². The first-order chi connectivity index (χ1) is 9.84. The van der Waals surface area contributed by atoms with Crippen molar-refractivity contribution in [1.82, 2.24) is 0 Å². The Morgan fingerprint density at radius 2 is 1.50 bits per heavy atom. The van der Waals surface area contributed by atoms with Gasteiger partial charge in [0.25, 0.3) is 0 Å². The van der Waals surface area contributed by atoms with E-state index in [1.807, 2.05) is 18.2 Å². The van der Waals surface area contributed by atoms with Gasteiger partial charge in [0, 0.05) is 11.5 Å². The molecule has 0 aromatic heterocycles. The molecule has 4 rings (SSSR count). The van der Waals surface area contributed by atoms with Crippen molar-refractivity contribution >= 4 is 0 Å². The van der Waals surface area contributed by atoms with Crippen LogP contribution in [0, 0.1) is 23.7 Å². The molecule has 2 heterocycles. The third kappa shape index (κ3) is 1.69. The fraction of sp³-hybridized carbons (Fsp3) is 0.263. The summed E-state index contributed by atoms with van der Waals surface area (Å²) in [5, 5.41) is 0. The Bertz CT molecular complexity index is 692. The van der Waals surface area contributed by atoms with E-state index in [1.54, 1.807) is 0 Å². The molecule has 2 aliphatic rings. The van der Waals surface area contributed by atoms with Crippen LogP contribution in [0.15, 0.2) is 54.6 Å². The van der Waals surface area contributed by atoms with Gasteiger partial charge in [-0.1, -0.05) is 61.2 Å². The second-order valence-corrected chi connectivity index (χ2v) is 5.63. The number of rotatable bonds is 0. The van der Waals surface area contributed by atoms with E-state index in [0.29, 0.717) is 11.8 Å². The average molecular weight is 260 g/mol. The second kappa shape index (κ2) is 4.51. The predicted octanol–water partition coefficient (Wildman–Crippen LogP) is 4.12. The summed E-state index contributed by atoms with van der Waals surface area (Å²) in [6, 6.07) is 18.8. The molecule has 4 unspecified atom stereocenters. The summed E-state index contributed by atoms with van der Waals surface area (Å²) in [5.41, 5.74) is 3.78. The molecule has 1 nitrogen and oxygen atoms in total. The van der Waals surface area contributed by atoms with Crippen molar-refractivity contribution in [3.63, 3.8) is 0 Å². The van der Waals surface area contributed by atoms with Crippen molar-refractivity contribution in [2.45, 2.75) is 19.1 Å². The van der Waals surface area contributed by atoms with E-state index in [4.69, 9.17) is 4.74 Å². The Balaban J connectivity index is 1.68. The Labute approximate surface area is 119 Å². The van der Waals surface area contributed by atoms with Gasteiger partial charge in [0.2, 0.25) is 0 Å². The van der Waals surface area contributed by atoms with E-state index in [-0.39, 0.29) is 12.2 Å². The van der Waals surface area contributed by atoms with Gasteiger partial charge in [-0.3, -0.25) is 0 Å². The molecule has 2 aromatic carbocycles. The summed E-state index contributed by atoms with van der Waals surface area (Å²) in [5.74, 6) is 7.51. The van der Waals surface area contributed by atoms with E-state index < -0.39 is 0 Å². The summed E-state index contributed by atoms with van der Waals surface area (Å²) in [7, 11) is 0. The van der Waals surface area contributed by atoms with Crippen LogP contribution in [-0.2, 0) is 4.74 Å². The lowest BCUT2D eigenvalue weighted by Gasteiger charge is -2.22. The summed E-state index contributed by atoms with van der Waals surface area (Å²) in [6.45, 7) is 2.25. The fourth-order valence-corrected chi connectivity index (χ4v) is 3.38. The van der Waals surface area contributed by atoms with Crippen LogP contribution in [0.4, 0.5) is 0 Å². The number of fused-ring (bicyclic) bond motifs is 5. The van der Waals surface area contributed by atoms with Crippen molar-refractivity contribution in [2.24, 2.45) is 11.8 Å². The highest BCUT2D eigenvalue weighted by Crippen LogP contribution is 2.56. The predicted molar refractivity (Wildman–Crippen MR) is 79.0 cm³/mol. The van der Waals surface area contributed by atoms with Crippen LogP contribution in [0.3, 0.4) is 0 Å². The Morgan fingerprint density at radius 3 is 2.25 bits per heavy atom. The minimum atomic E-state index is 0.155. The van der Waals surface area contributed by atoms with Crippen molar-refractivity contribution in [1.29, 1.82) is 0 Å². The van der Waals surface area contributed by atoms with Gasteiger partial charge < -0.3 is 4.74 Å². The van der Waals surface area contributed by atoms with Gasteiger partial charge in [-0.05, 0) is 23.3 Å². The molecule has 0 N–H and O–H groups in total. The van der Waals surface area contributed by atoms with E-state index >= 15 is 0 Å². The van der Waals surface area contributed by atoms with Crippen molar-refractivity contribution in [2.75, 3.05) is 0 Å². The quantitative estimate of drug-likeness (QED) is 0.647. The lowest BCUT2D eigenvalue weighted by molar-refractivity contribution is 0.0586. The molecule has 0 saturated carbocycles. The molecule has 1 heteroatoms. The lowest BCUT2D eigenvalue weighted by Crippen LogP contribution is -2.17. The zero-order chi connectivity index (χ0) is 13.5. The first-order valence-electron chi connectivity index (χ1n) is 7.15. The zero-order valence-electron chi connectivity index (χ0n) is 11.4. The van der Waals surface area contributed by atoms with Crippen LogP contribution in [0.25, 0.3) is 0 Å². The van der Waals surface area contributed by atoms with Crippen LogP contribution in [0.1, 0.15) is 35.8 Å². The molecule has 0 amide bonds. The minimum Gasteiger partial charge on any atom is -0.364 e. The summed E-state index contributed by atoms with van der Waals surface area (Å²) in [6.07, 6.45) is 0.383.